The van der Waals surface area contributed by atoms with Gasteiger partial charge in [-0.05, 0) is 34.8 Å². The molecule has 23 heavy (non-hydrogen) atoms. The Balaban J connectivity index is 1.48. The summed E-state index contributed by atoms with van der Waals surface area (Å²) < 4.78 is 4.42. The number of piperidine rings is 1. The van der Waals surface area contributed by atoms with Crippen LogP contribution in [0.3, 0.4) is 0 Å². The molecule has 7 nitrogen and oxygen atoms in total. The average Bonchev–Trinajstić information content (AvgIpc) is 3.24. The van der Waals surface area contributed by atoms with Gasteiger partial charge in [0.25, 0.3) is 5.91 Å². The second-order valence-corrected chi connectivity index (χ2v) is 6.47. The zero-order chi connectivity index (χ0) is 15.8. The van der Waals surface area contributed by atoms with Gasteiger partial charge >= 0.3 is 0 Å². The first-order valence-electron chi connectivity index (χ1n) is 7.49. The zero-order valence-electron chi connectivity index (χ0n) is 12.3. The standard InChI is InChI=1S/C15H15BrN6O/c16-13-9-19-22-10-11(8-17-14(13)22)15(23)20-6-2-12(3-7-20)21-5-1-4-18-21/h1,4-5,8-10,12H,2-3,6-7H2. The van der Waals surface area contributed by atoms with Crippen molar-refractivity contribution in [2.24, 2.45) is 0 Å². The molecule has 0 aliphatic carbocycles. The summed E-state index contributed by atoms with van der Waals surface area (Å²) in [5, 5.41) is 8.47. The molecule has 0 spiro atoms. The number of hydrogen-bond donors (Lipinski definition) is 0. The maximum absolute atomic E-state index is 12.7. The van der Waals surface area contributed by atoms with Crippen LogP contribution in [0.1, 0.15) is 29.2 Å². The first-order chi connectivity index (χ1) is 11.2. The molecule has 3 aromatic heterocycles. The van der Waals surface area contributed by atoms with Gasteiger partial charge < -0.3 is 4.90 Å². The highest BCUT2D eigenvalue weighted by molar-refractivity contribution is 9.10. The minimum atomic E-state index is 0.00457. The van der Waals surface area contributed by atoms with E-state index in [0.29, 0.717) is 17.3 Å². The van der Waals surface area contributed by atoms with Gasteiger partial charge in [0.05, 0.1) is 22.3 Å². The van der Waals surface area contributed by atoms with E-state index in [2.05, 4.69) is 31.1 Å². The van der Waals surface area contributed by atoms with E-state index in [1.165, 1.54) is 0 Å². The molecule has 0 bridgehead atoms. The van der Waals surface area contributed by atoms with Gasteiger partial charge in [-0.2, -0.15) is 10.2 Å². The highest BCUT2D eigenvalue weighted by Crippen LogP contribution is 2.23. The van der Waals surface area contributed by atoms with Crippen molar-refractivity contribution >= 4 is 27.5 Å². The van der Waals surface area contributed by atoms with Crippen LogP contribution in [0.2, 0.25) is 0 Å². The van der Waals surface area contributed by atoms with Gasteiger partial charge in [0.15, 0.2) is 5.65 Å². The quantitative estimate of drug-likeness (QED) is 0.689. The molecule has 0 N–H and O–H groups in total. The van der Waals surface area contributed by atoms with Crippen molar-refractivity contribution in [3.05, 3.63) is 47.1 Å². The Labute approximate surface area is 141 Å². The number of halogens is 1. The van der Waals surface area contributed by atoms with Gasteiger partial charge in [0.1, 0.15) is 0 Å². The molecule has 1 aliphatic heterocycles. The molecule has 0 unspecified atom stereocenters. The van der Waals surface area contributed by atoms with Crippen LogP contribution in [-0.2, 0) is 0 Å². The number of carbonyl (C=O) groups excluding carboxylic acids is 1. The van der Waals surface area contributed by atoms with Crippen molar-refractivity contribution in [3.8, 4) is 0 Å². The monoisotopic (exact) mass is 374 g/mol. The highest BCUT2D eigenvalue weighted by atomic mass is 79.9. The SMILES string of the molecule is O=C(c1cnc2c(Br)cnn2c1)N1CCC(n2cccn2)CC1. The fraction of sp³-hybridized carbons (Fsp3) is 0.333. The third kappa shape index (κ3) is 2.63. The zero-order valence-corrected chi connectivity index (χ0v) is 13.9. The van der Waals surface area contributed by atoms with Crippen LogP contribution in [0.15, 0.2) is 41.5 Å². The smallest absolute Gasteiger partial charge is 0.256 e. The molecule has 1 amide bonds. The summed E-state index contributed by atoms with van der Waals surface area (Å²) >= 11 is 3.38. The maximum Gasteiger partial charge on any atom is 0.256 e. The number of aromatic nitrogens is 5. The Morgan fingerprint density at radius 2 is 2.04 bits per heavy atom. The van der Waals surface area contributed by atoms with E-state index in [4.69, 9.17) is 0 Å². The first kappa shape index (κ1) is 14.4. The van der Waals surface area contributed by atoms with Crippen LogP contribution in [0, 0.1) is 0 Å². The van der Waals surface area contributed by atoms with Crippen LogP contribution < -0.4 is 0 Å². The van der Waals surface area contributed by atoms with Crippen LogP contribution in [-0.4, -0.2) is 48.3 Å². The van der Waals surface area contributed by atoms with Crippen LogP contribution in [0.4, 0.5) is 0 Å². The third-order valence-corrected chi connectivity index (χ3v) is 4.77. The highest BCUT2D eigenvalue weighted by Gasteiger charge is 2.25. The lowest BCUT2D eigenvalue weighted by molar-refractivity contribution is 0.0689. The predicted molar refractivity (Wildman–Crippen MR) is 87.1 cm³/mol. The lowest BCUT2D eigenvalue weighted by Gasteiger charge is -2.32. The first-order valence-corrected chi connectivity index (χ1v) is 8.29. The largest absolute Gasteiger partial charge is 0.338 e. The minimum Gasteiger partial charge on any atom is -0.338 e. The van der Waals surface area contributed by atoms with Crippen molar-refractivity contribution in [2.75, 3.05) is 13.1 Å². The minimum absolute atomic E-state index is 0.00457. The molecule has 8 heteroatoms. The Kier molecular flexibility index (Phi) is 3.60. The summed E-state index contributed by atoms with van der Waals surface area (Å²) in [4.78, 5) is 18.8. The predicted octanol–water partition coefficient (Wildman–Crippen LogP) is 2.17. The number of amides is 1. The number of hydrogen-bond acceptors (Lipinski definition) is 4. The summed E-state index contributed by atoms with van der Waals surface area (Å²) in [6, 6.07) is 2.30. The molecule has 4 rings (SSSR count). The van der Waals surface area contributed by atoms with E-state index >= 15 is 0 Å². The van der Waals surface area contributed by atoms with E-state index < -0.39 is 0 Å². The molecule has 0 aromatic carbocycles. The second kappa shape index (κ2) is 5.77. The van der Waals surface area contributed by atoms with Crippen molar-refractivity contribution in [3.63, 3.8) is 0 Å². The number of nitrogens with zero attached hydrogens (tertiary/aromatic N) is 6. The van der Waals surface area contributed by atoms with Crippen LogP contribution in [0.5, 0.6) is 0 Å². The van der Waals surface area contributed by atoms with Gasteiger partial charge in [0, 0.05) is 37.9 Å². The maximum atomic E-state index is 12.7. The fourth-order valence-corrected chi connectivity index (χ4v) is 3.34. The lowest BCUT2D eigenvalue weighted by atomic mass is 10.0. The Hall–Kier alpha value is -2.22. The van der Waals surface area contributed by atoms with Gasteiger partial charge in [-0.25, -0.2) is 9.50 Å². The Morgan fingerprint density at radius 1 is 1.22 bits per heavy atom. The molecule has 0 saturated carbocycles. The second-order valence-electron chi connectivity index (χ2n) is 5.61. The summed E-state index contributed by atoms with van der Waals surface area (Å²) in [6.45, 7) is 1.45. The molecule has 3 aromatic rings. The third-order valence-electron chi connectivity index (χ3n) is 4.21. The van der Waals surface area contributed by atoms with E-state index in [0.717, 1.165) is 30.4 Å². The van der Waals surface area contributed by atoms with E-state index in [1.54, 1.807) is 29.3 Å². The fourth-order valence-electron chi connectivity index (χ4n) is 2.97. The molecule has 0 radical (unpaired) electrons. The molecule has 4 heterocycles. The summed E-state index contributed by atoms with van der Waals surface area (Å²) in [6.07, 6.45) is 10.6. The van der Waals surface area contributed by atoms with Crippen LogP contribution in [0.25, 0.3) is 5.65 Å². The lowest BCUT2D eigenvalue weighted by Crippen LogP contribution is -2.39. The van der Waals surface area contributed by atoms with E-state index in [1.807, 2.05) is 21.8 Å². The summed E-state index contributed by atoms with van der Waals surface area (Å²) in [5.74, 6) is 0.00457. The normalized spacial score (nSPS) is 16.1. The summed E-state index contributed by atoms with van der Waals surface area (Å²) in [7, 11) is 0. The van der Waals surface area contributed by atoms with Gasteiger partial charge in [-0.15, -0.1) is 0 Å². The van der Waals surface area contributed by atoms with Crippen molar-refractivity contribution in [1.82, 2.24) is 29.3 Å². The van der Waals surface area contributed by atoms with Crippen molar-refractivity contribution in [2.45, 2.75) is 18.9 Å². The van der Waals surface area contributed by atoms with Crippen molar-refractivity contribution < 1.29 is 4.79 Å². The molecule has 1 fully saturated rings. The van der Waals surface area contributed by atoms with Gasteiger partial charge in [-0.3, -0.25) is 9.48 Å². The number of rotatable bonds is 2. The Bertz CT molecular complexity index is 835. The number of fused-ring (bicyclic) bond motifs is 1. The summed E-state index contributed by atoms with van der Waals surface area (Å²) in [5.41, 5.74) is 1.27. The van der Waals surface area contributed by atoms with Crippen molar-refractivity contribution in [1.29, 1.82) is 0 Å². The van der Waals surface area contributed by atoms with E-state index in [9.17, 15) is 4.79 Å². The average molecular weight is 375 g/mol. The molecule has 118 valence electrons. The molecule has 0 atom stereocenters. The van der Waals surface area contributed by atoms with Gasteiger partial charge in [-0.1, -0.05) is 0 Å². The van der Waals surface area contributed by atoms with E-state index in [-0.39, 0.29) is 5.91 Å². The molecular formula is C15H15BrN6O. The van der Waals surface area contributed by atoms with Crippen LogP contribution >= 0.6 is 15.9 Å². The molecule has 1 saturated heterocycles. The topological polar surface area (TPSA) is 68.3 Å². The van der Waals surface area contributed by atoms with Gasteiger partial charge in [0.2, 0.25) is 0 Å². The molecule has 1 aliphatic rings. The number of likely N-dealkylation sites (tertiary alicyclic amines) is 1. The number of carbonyl (C=O) groups is 1. The Morgan fingerprint density at radius 3 is 2.78 bits per heavy atom. The molecular weight excluding hydrogens is 360 g/mol.